The Morgan fingerprint density at radius 1 is 1.26 bits per heavy atom. The zero-order valence-corrected chi connectivity index (χ0v) is 12.0. The van der Waals surface area contributed by atoms with Gasteiger partial charge in [0.25, 0.3) is 0 Å². The molecular formula is C15H21N3O. The summed E-state index contributed by atoms with van der Waals surface area (Å²) in [6, 6.07) is 5.74. The Kier molecular flexibility index (Phi) is 3.79. The molecule has 4 nitrogen and oxygen atoms in total. The van der Waals surface area contributed by atoms with Crippen LogP contribution in [0.25, 0.3) is 0 Å². The maximum Gasteiger partial charge on any atom is 0.124 e. The van der Waals surface area contributed by atoms with Crippen molar-refractivity contribution >= 4 is 5.69 Å². The predicted octanol–water partition coefficient (Wildman–Crippen LogP) is 2.84. The summed E-state index contributed by atoms with van der Waals surface area (Å²) in [5, 5.41) is 4.56. The fraction of sp³-hybridized carbons (Fsp3) is 0.400. The number of aromatic nitrogens is 2. The second-order valence-corrected chi connectivity index (χ2v) is 4.75. The van der Waals surface area contributed by atoms with Gasteiger partial charge in [0.1, 0.15) is 5.75 Å². The van der Waals surface area contributed by atoms with Crippen LogP contribution in [0.15, 0.2) is 18.2 Å². The molecule has 0 spiro atoms. The lowest BCUT2D eigenvalue weighted by atomic mass is 10.1. The number of nitrogens with two attached hydrogens (primary N) is 1. The average Bonchev–Trinajstić information content (AvgIpc) is 2.61. The summed E-state index contributed by atoms with van der Waals surface area (Å²) in [6.07, 6.45) is 0. The molecule has 2 rings (SSSR count). The number of hydrogen-bond donors (Lipinski definition) is 1. The predicted molar refractivity (Wildman–Crippen MR) is 77.6 cm³/mol. The summed E-state index contributed by atoms with van der Waals surface area (Å²) in [6.45, 7) is 9.52. The molecule has 0 amide bonds. The number of ether oxygens (including phenoxy) is 1. The monoisotopic (exact) mass is 259 g/mol. The number of hydrogen-bond acceptors (Lipinski definition) is 3. The maximum atomic E-state index is 5.87. The highest BCUT2D eigenvalue weighted by atomic mass is 16.5. The minimum absolute atomic E-state index is 0.646. The van der Waals surface area contributed by atoms with Gasteiger partial charge < -0.3 is 10.5 Å². The van der Waals surface area contributed by atoms with Gasteiger partial charge in [0, 0.05) is 16.9 Å². The maximum absolute atomic E-state index is 5.87. The molecule has 1 aromatic heterocycles. The fourth-order valence-corrected chi connectivity index (χ4v) is 2.12. The number of nitrogen functional groups attached to an aromatic ring is 1. The first kappa shape index (κ1) is 13.5. The van der Waals surface area contributed by atoms with E-state index in [1.54, 1.807) is 0 Å². The normalized spacial score (nSPS) is 10.7. The van der Waals surface area contributed by atoms with Crippen LogP contribution in [-0.4, -0.2) is 16.4 Å². The van der Waals surface area contributed by atoms with E-state index in [-0.39, 0.29) is 0 Å². The molecule has 0 saturated carbocycles. The van der Waals surface area contributed by atoms with Crippen LogP contribution in [0, 0.1) is 20.8 Å². The molecule has 2 aromatic rings. The van der Waals surface area contributed by atoms with E-state index >= 15 is 0 Å². The van der Waals surface area contributed by atoms with Crippen molar-refractivity contribution in [2.75, 3.05) is 12.3 Å². The van der Waals surface area contributed by atoms with Crippen molar-refractivity contribution in [2.45, 2.75) is 34.2 Å². The Morgan fingerprint density at radius 3 is 2.58 bits per heavy atom. The third-order valence-electron chi connectivity index (χ3n) is 3.45. The van der Waals surface area contributed by atoms with Gasteiger partial charge in [-0.05, 0) is 51.5 Å². The molecule has 1 aromatic carbocycles. The van der Waals surface area contributed by atoms with Crippen molar-refractivity contribution in [1.29, 1.82) is 0 Å². The van der Waals surface area contributed by atoms with Gasteiger partial charge in [-0.25, -0.2) is 0 Å². The van der Waals surface area contributed by atoms with E-state index in [2.05, 4.69) is 18.9 Å². The molecule has 0 saturated heterocycles. The highest BCUT2D eigenvalue weighted by Gasteiger charge is 2.10. The number of aryl methyl sites for hydroxylation is 1. The smallest absolute Gasteiger partial charge is 0.124 e. The summed E-state index contributed by atoms with van der Waals surface area (Å²) in [5.41, 5.74) is 11.2. The summed E-state index contributed by atoms with van der Waals surface area (Å²) in [5.74, 6) is 0.877. The van der Waals surface area contributed by atoms with E-state index in [0.29, 0.717) is 13.2 Å². The minimum Gasteiger partial charge on any atom is -0.494 e. The van der Waals surface area contributed by atoms with Crippen LogP contribution < -0.4 is 10.5 Å². The first-order valence-electron chi connectivity index (χ1n) is 6.54. The van der Waals surface area contributed by atoms with Crippen molar-refractivity contribution in [3.63, 3.8) is 0 Å². The Balaban J connectivity index is 2.36. The van der Waals surface area contributed by atoms with E-state index in [1.807, 2.05) is 36.7 Å². The van der Waals surface area contributed by atoms with Gasteiger partial charge in [-0.3, -0.25) is 4.68 Å². The molecule has 0 aliphatic heterocycles. The van der Waals surface area contributed by atoms with Crippen LogP contribution in [0.2, 0.25) is 0 Å². The lowest BCUT2D eigenvalue weighted by Crippen LogP contribution is -2.07. The zero-order valence-electron chi connectivity index (χ0n) is 12.0. The molecule has 0 aliphatic carbocycles. The molecule has 4 heteroatoms. The van der Waals surface area contributed by atoms with Gasteiger partial charge in [0.05, 0.1) is 18.8 Å². The van der Waals surface area contributed by atoms with E-state index in [0.717, 1.165) is 22.7 Å². The molecule has 1 heterocycles. The Bertz CT molecular complexity index is 587. The zero-order chi connectivity index (χ0) is 14.0. The van der Waals surface area contributed by atoms with E-state index in [9.17, 15) is 0 Å². The summed E-state index contributed by atoms with van der Waals surface area (Å²) in [4.78, 5) is 0. The standard InChI is InChI=1S/C15H21N3O/c1-5-19-15-7-6-14(16)8-13(15)9-18-12(4)10(2)11(3)17-18/h6-8H,5,9,16H2,1-4H3. The number of benzene rings is 1. The highest BCUT2D eigenvalue weighted by Crippen LogP contribution is 2.23. The molecule has 0 aliphatic rings. The summed E-state index contributed by atoms with van der Waals surface area (Å²) < 4.78 is 7.65. The second-order valence-electron chi connectivity index (χ2n) is 4.75. The van der Waals surface area contributed by atoms with Crippen LogP contribution in [0.5, 0.6) is 5.75 Å². The highest BCUT2D eigenvalue weighted by molar-refractivity contribution is 5.48. The summed E-state index contributed by atoms with van der Waals surface area (Å²) >= 11 is 0. The SMILES string of the molecule is CCOc1ccc(N)cc1Cn1nc(C)c(C)c1C. The molecule has 0 unspecified atom stereocenters. The molecule has 102 valence electrons. The van der Waals surface area contributed by atoms with Gasteiger partial charge in [-0.2, -0.15) is 5.10 Å². The molecule has 0 radical (unpaired) electrons. The van der Waals surface area contributed by atoms with E-state index < -0.39 is 0 Å². The Labute approximate surface area is 114 Å². The van der Waals surface area contributed by atoms with Gasteiger partial charge in [-0.15, -0.1) is 0 Å². The number of anilines is 1. The molecule has 0 bridgehead atoms. The van der Waals surface area contributed by atoms with Crippen molar-refractivity contribution in [1.82, 2.24) is 9.78 Å². The molecule has 0 fully saturated rings. The third kappa shape index (κ3) is 2.72. The van der Waals surface area contributed by atoms with Gasteiger partial charge in [0.15, 0.2) is 0 Å². The molecule has 19 heavy (non-hydrogen) atoms. The first-order valence-corrected chi connectivity index (χ1v) is 6.54. The van der Waals surface area contributed by atoms with Crippen LogP contribution in [0.4, 0.5) is 5.69 Å². The van der Waals surface area contributed by atoms with E-state index in [4.69, 9.17) is 10.5 Å². The van der Waals surface area contributed by atoms with Gasteiger partial charge in [0.2, 0.25) is 0 Å². The lowest BCUT2D eigenvalue weighted by Gasteiger charge is -2.12. The fourth-order valence-electron chi connectivity index (χ4n) is 2.12. The van der Waals surface area contributed by atoms with Crippen molar-refractivity contribution in [3.8, 4) is 5.75 Å². The van der Waals surface area contributed by atoms with Crippen LogP contribution >= 0.6 is 0 Å². The van der Waals surface area contributed by atoms with Crippen molar-refractivity contribution < 1.29 is 4.74 Å². The van der Waals surface area contributed by atoms with Crippen LogP contribution in [-0.2, 0) is 6.54 Å². The van der Waals surface area contributed by atoms with Crippen LogP contribution in [0.1, 0.15) is 29.4 Å². The topological polar surface area (TPSA) is 53.1 Å². The minimum atomic E-state index is 0.646. The number of nitrogens with zero attached hydrogens (tertiary/aromatic N) is 2. The molecule has 0 atom stereocenters. The van der Waals surface area contributed by atoms with Crippen molar-refractivity contribution in [3.05, 3.63) is 40.7 Å². The Morgan fingerprint density at radius 2 is 2.00 bits per heavy atom. The average molecular weight is 259 g/mol. The summed E-state index contributed by atoms with van der Waals surface area (Å²) in [7, 11) is 0. The second kappa shape index (κ2) is 5.34. The largest absolute Gasteiger partial charge is 0.494 e. The quantitative estimate of drug-likeness (QED) is 0.859. The Hall–Kier alpha value is -1.97. The van der Waals surface area contributed by atoms with Gasteiger partial charge >= 0.3 is 0 Å². The molecular weight excluding hydrogens is 238 g/mol. The molecule has 2 N–H and O–H groups in total. The van der Waals surface area contributed by atoms with Crippen LogP contribution in [0.3, 0.4) is 0 Å². The first-order chi connectivity index (χ1) is 9.02. The van der Waals surface area contributed by atoms with Gasteiger partial charge in [-0.1, -0.05) is 0 Å². The lowest BCUT2D eigenvalue weighted by molar-refractivity contribution is 0.335. The number of rotatable bonds is 4. The van der Waals surface area contributed by atoms with Crippen molar-refractivity contribution in [2.24, 2.45) is 0 Å². The van der Waals surface area contributed by atoms with E-state index in [1.165, 1.54) is 11.3 Å². The third-order valence-corrected chi connectivity index (χ3v) is 3.45.